The van der Waals surface area contributed by atoms with Crippen molar-refractivity contribution >= 4 is 11.8 Å². The zero-order valence-corrected chi connectivity index (χ0v) is 8.82. The summed E-state index contributed by atoms with van der Waals surface area (Å²) in [6.07, 6.45) is 1.96. The van der Waals surface area contributed by atoms with E-state index in [1.807, 2.05) is 31.2 Å². The van der Waals surface area contributed by atoms with Crippen molar-refractivity contribution < 1.29 is 9.53 Å². The van der Waals surface area contributed by atoms with Crippen LogP contribution in [0.1, 0.15) is 12.5 Å². The van der Waals surface area contributed by atoms with E-state index in [0.29, 0.717) is 0 Å². The largest absolute Gasteiger partial charge is 0.445 e. The van der Waals surface area contributed by atoms with Crippen LogP contribution in [-0.2, 0) is 11.2 Å². The van der Waals surface area contributed by atoms with Gasteiger partial charge in [0.2, 0.25) is 0 Å². The second-order valence-electron chi connectivity index (χ2n) is 3.02. The third-order valence-corrected chi connectivity index (χ3v) is 1.97. The smallest absolute Gasteiger partial charge is 0.411 e. The van der Waals surface area contributed by atoms with Crippen molar-refractivity contribution in [2.24, 2.45) is 0 Å². The second kappa shape index (κ2) is 5.86. The Kier molecular flexibility index (Phi) is 4.41. The summed E-state index contributed by atoms with van der Waals surface area (Å²) in [6.45, 7) is 5.73. The van der Waals surface area contributed by atoms with E-state index in [2.05, 4.69) is 11.9 Å². The third kappa shape index (κ3) is 3.46. The topological polar surface area (TPSA) is 38.3 Å². The van der Waals surface area contributed by atoms with Crippen molar-refractivity contribution in [1.29, 1.82) is 0 Å². The molecule has 3 nitrogen and oxygen atoms in total. The first-order chi connectivity index (χ1) is 7.27. The fourth-order valence-electron chi connectivity index (χ4n) is 1.23. The summed E-state index contributed by atoms with van der Waals surface area (Å²) in [5.41, 5.74) is 1.89. The van der Waals surface area contributed by atoms with E-state index in [0.717, 1.165) is 17.7 Å². The van der Waals surface area contributed by atoms with E-state index >= 15 is 0 Å². The number of amides is 1. The van der Waals surface area contributed by atoms with Crippen molar-refractivity contribution in [3.05, 3.63) is 42.5 Å². The van der Waals surface area contributed by atoms with Crippen LogP contribution in [0.2, 0.25) is 0 Å². The van der Waals surface area contributed by atoms with Crippen LogP contribution in [0.5, 0.6) is 0 Å². The average molecular weight is 205 g/mol. The molecule has 0 aliphatic rings. The van der Waals surface area contributed by atoms with Crippen LogP contribution in [0, 0.1) is 0 Å². The van der Waals surface area contributed by atoms with Crippen molar-refractivity contribution in [3.8, 4) is 0 Å². The molecule has 3 heteroatoms. The Balaban J connectivity index is 2.63. The van der Waals surface area contributed by atoms with Gasteiger partial charge in [0.05, 0.1) is 0 Å². The molecule has 1 amide bonds. The summed E-state index contributed by atoms with van der Waals surface area (Å²) in [4.78, 5) is 11.3. The molecule has 1 N–H and O–H groups in total. The van der Waals surface area contributed by atoms with Crippen LogP contribution in [0.25, 0.3) is 0 Å². The maximum Gasteiger partial charge on any atom is 0.411 e. The minimum Gasteiger partial charge on any atom is -0.445 e. The molecule has 15 heavy (non-hydrogen) atoms. The lowest BCUT2D eigenvalue weighted by atomic mass is 10.1. The zero-order valence-electron chi connectivity index (χ0n) is 8.82. The van der Waals surface area contributed by atoms with Crippen LogP contribution < -0.4 is 5.32 Å². The molecule has 0 fully saturated rings. The molecule has 0 aliphatic carbocycles. The Bertz CT molecular complexity index is 347. The van der Waals surface area contributed by atoms with Gasteiger partial charge in [-0.25, -0.2) is 4.79 Å². The molecule has 0 heterocycles. The minimum atomic E-state index is -0.448. The molecule has 0 unspecified atom stereocenters. The van der Waals surface area contributed by atoms with Gasteiger partial charge < -0.3 is 4.74 Å². The molecule has 0 bridgehead atoms. The van der Waals surface area contributed by atoms with E-state index in [-0.39, 0.29) is 6.61 Å². The van der Waals surface area contributed by atoms with Gasteiger partial charge in [-0.15, -0.1) is 0 Å². The normalized spacial score (nSPS) is 9.40. The Labute approximate surface area is 89.8 Å². The molecular weight excluding hydrogens is 190 g/mol. The van der Waals surface area contributed by atoms with Crippen LogP contribution >= 0.6 is 0 Å². The van der Waals surface area contributed by atoms with Crippen LogP contribution in [-0.4, -0.2) is 12.7 Å². The minimum absolute atomic E-state index is 0.222. The van der Waals surface area contributed by atoms with Gasteiger partial charge in [0.25, 0.3) is 0 Å². The quantitative estimate of drug-likeness (QED) is 0.767. The molecule has 0 aromatic heterocycles. The van der Waals surface area contributed by atoms with E-state index in [1.165, 1.54) is 6.08 Å². The lowest BCUT2D eigenvalue weighted by molar-refractivity contribution is 0.174. The number of carbonyl (C=O) groups excluding carboxylic acids is 1. The Morgan fingerprint density at radius 1 is 1.53 bits per heavy atom. The van der Waals surface area contributed by atoms with Crippen molar-refractivity contribution in [2.45, 2.75) is 13.3 Å². The molecule has 0 spiro atoms. The molecule has 0 aliphatic heterocycles. The van der Waals surface area contributed by atoms with E-state index < -0.39 is 6.09 Å². The molecule has 0 saturated carbocycles. The van der Waals surface area contributed by atoms with E-state index in [9.17, 15) is 4.79 Å². The molecular formula is C12H15NO2. The highest BCUT2D eigenvalue weighted by Gasteiger charge is 2.04. The number of carbonyl (C=O) groups is 1. The highest BCUT2D eigenvalue weighted by Crippen LogP contribution is 2.15. The summed E-state index contributed by atoms with van der Waals surface area (Å²) in [6, 6.07) is 7.65. The van der Waals surface area contributed by atoms with Crippen LogP contribution in [0.4, 0.5) is 10.5 Å². The van der Waals surface area contributed by atoms with Crippen LogP contribution in [0.15, 0.2) is 36.9 Å². The van der Waals surface area contributed by atoms with Crippen molar-refractivity contribution in [3.63, 3.8) is 0 Å². The number of hydrogen-bond donors (Lipinski definition) is 1. The molecule has 1 aromatic rings. The molecule has 1 rings (SSSR count). The maximum atomic E-state index is 11.3. The fourth-order valence-corrected chi connectivity index (χ4v) is 1.23. The molecule has 80 valence electrons. The monoisotopic (exact) mass is 205 g/mol. The summed E-state index contributed by atoms with van der Waals surface area (Å²) >= 11 is 0. The Morgan fingerprint density at radius 2 is 2.27 bits per heavy atom. The van der Waals surface area contributed by atoms with E-state index in [1.54, 1.807) is 0 Å². The van der Waals surface area contributed by atoms with Gasteiger partial charge >= 0.3 is 6.09 Å². The number of hydrogen-bond acceptors (Lipinski definition) is 2. The SMILES string of the molecule is C=CCOC(=O)Nc1ccccc1CC. The number of benzene rings is 1. The van der Waals surface area contributed by atoms with Gasteiger partial charge in [-0.2, -0.15) is 0 Å². The number of ether oxygens (including phenoxy) is 1. The van der Waals surface area contributed by atoms with Gasteiger partial charge in [0.1, 0.15) is 6.61 Å². The lowest BCUT2D eigenvalue weighted by Gasteiger charge is -2.08. The summed E-state index contributed by atoms with van der Waals surface area (Å²) in [7, 11) is 0. The predicted octanol–water partition coefficient (Wildman–Crippen LogP) is 2.98. The van der Waals surface area contributed by atoms with Gasteiger partial charge in [0.15, 0.2) is 0 Å². The molecule has 0 atom stereocenters. The Morgan fingerprint density at radius 3 is 2.93 bits per heavy atom. The standard InChI is InChI=1S/C12H15NO2/c1-3-9-15-12(14)13-11-8-6-5-7-10(11)4-2/h3,5-8H,1,4,9H2,2H3,(H,13,14). The van der Waals surface area contributed by atoms with Gasteiger partial charge in [-0.3, -0.25) is 5.32 Å². The predicted molar refractivity (Wildman–Crippen MR) is 61.0 cm³/mol. The first-order valence-corrected chi connectivity index (χ1v) is 4.90. The third-order valence-electron chi connectivity index (χ3n) is 1.97. The maximum absolute atomic E-state index is 11.3. The number of nitrogens with one attached hydrogen (secondary N) is 1. The number of aryl methyl sites for hydroxylation is 1. The van der Waals surface area contributed by atoms with E-state index in [4.69, 9.17) is 4.74 Å². The lowest BCUT2D eigenvalue weighted by Crippen LogP contribution is -2.14. The molecule has 1 aromatic carbocycles. The van der Waals surface area contributed by atoms with Crippen molar-refractivity contribution in [2.75, 3.05) is 11.9 Å². The second-order valence-corrected chi connectivity index (χ2v) is 3.02. The fraction of sp³-hybridized carbons (Fsp3) is 0.250. The number of para-hydroxylation sites is 1. The van der Waals surface area contributed by atoms with Gasteiger partial charge in [-0.1, -0.05) is 37.8 Å². The molecule has 0 saturated heterocycles. The zero-order chi connectivity index (χ0) is 11.1. The summed E-state index contributed by atoms with van der Waals surface area (Å²) in [5.74, 6) is 0. The molecule has 0 radical (unpaired) electrons. The first-order valence-electron chi connectivity index (χ1n) is 4.90. The highest BCUT2D eigenvalue weighted by atomic mass is 16.5. The summed E-state index contributed by atoms with van der Waals surface area (Å²) < 4.78 is 4.83. The number of rotatable bonds is 4. The van der Waals surface area contributed by atoms with Crippen LogP contribution in [0.3, 0.4) is 0 Å². The van der Waals surface area contributed by atoms with Gasteiger partial charge in [-0.05, 0) is 18.1 Å². The highest BCUT2D eigenvalue weighted by molar-refractivity contribution is 5.85. The van der Waals surface area contributed by atoms with Gasteiger partial charge in [0, 0.05) is 5.69 Å². The number of anilines is 1. The summed E-state index contributed by atoms with van der Waals surface area (Å²) in [5, 5.41) is 2.69. The van der Waals surface area contributed by atoms with Crippen molar-refractivity contribution in [1.82, 2.24) is 0 Å². The average Bonchev–Trinajstić information content (AvgIpc) is 2.27. The first kappa shape index (κ1) is 11.3. The Hall–Kier alpha value is -1.77.